The molecule has 0 unspecified atom stereocenters. The fourth-order valence-corrected chi connectivity index (χ4v) is 5.49. The molecule has 10 heteroatoms. The lowest BCUT2D eigenvalue weighted by Crippen LogP contribution is -2.40. The number of anilines is 1. The third-order valence-electron chi connectivity index (χ3n) is 4.48. The second-order valence-corrected chi connectivity index (χ2v) is 16.8. The molecule has 0 atom stereocenters. The highest BCUT2D eigenvalue weighted by molar-refractivity contribution is 14.1. The van der Waals surface area contributed by atoms with Crippen molar-refractivity contribution in [2.45, 2.75) is 32.4 Å². The van der Waals surface area contributed by atoms with Gasteiger partial charge < -0.3 is 9.64 Å². The van der Waals surface area contributed by atoms with Crippen LogP contribution in [0.25, 0.3) is 11.0 Å². The Kier molecular flexibility index (Phi) is 5.95. The van der Waals surface area contributed by atoms with Gasteiger partial charge in [0.2, 0.25) is 0 Å². The molecule has 144 valence electrons. The van der Waals surface area contributed by atoms with Crippen molar-refractivity contribution in [1.29, 1.82) is 0 Å². The molecular weight excluding hydrogens is 483 g/mol. The molecule has 0 bridgehead atoms. The van der Waals surface area contributed by atoms with Crippen molar-refractivity contribution < 1.29 is 13.2 Å². The van der Waals surface area contributed by atoms with Gasteiger partial charge in [-0.05, 0) is 34.7 Å². The van der Waals surface area contributed by atoms with Crippen LogP contribution in [0.3, 0.4) is 0 Å². The molecule has 0 aliphatic carbocycles. The second kappa shape index (κ2) is 7.72. The van der Waals surface area contributed by atoms with Gasteiger partial charge in [0, 0.05) is 27.8 Å². The Morgan fingerprint density at radius 2 is 1.92 bits per heavy atom. The first-order valence-corrected chi connectivity index (χ1v) is 15.3. The molecule has 0 aromatic carbocycles. The summed E-state index contributed by atoms with van der Waals surface area (Å²) >= 11 is 2.28. The van der Waals surface area contributed by atoms with Crippen molar-refractivity contribution in [1.82, 2.24) is 14.5 Å². The first-order valence-electron chi connectivity index (χ1n) is 8.69. The Bertz CT molecular complexity index is 881. The highest BCUT2D eigenvalue weighted by atomic mass is 127. The number of hydrogen-bond acceptors (Lipinski definition) is 6. The summed E-state index contributed by atoms with van der Waals surface area (Å²) in [6.45, 7) is 9.19. The van der Waals surface area contributed by atoms with Crippen LogP contribution in [0.2, 0.25) is 25.7 Å². The van der Waals surface area contributed by atoms with Gasteiger partial charge in [0.25, 0.3) is 0 Å². The highest BCUT2D eigenvalue weighted by Crippen LogP contribution is 2.28. The number of nitrogens with zero attached hydrogens (tertiary/aromatic N) is 4. The zero-order chi connectivity index (χ0) is 18.9. The summed E-state index contributed by atoms with van der Waals surface area (Å²) < 4.78 is 32.4. The van der Waals surface area contributed by atoms with Gasteiger partial charge in [-0.25, -0.2) is 18.4 Å². The summed E-state index contributed by atoms with van der Waals surface area (Å²) in [5, 5.41) is 0.949. The van der Waals surface area contributed by atoms with Crippen LogP contribution in [0.15, 0.2) is 12.4 Å². The van der Waals surface area contributed by atoms with Gasteiger partial charge in [0.15, 0.2) is 9.84 Å². The Morgan fingerprint density at radius 1 is 1.23 bits per heavy atom. The predicted octanol–water partition coefficient (Wildman–Crippen LogP) is 2.58. The van der Waals surface area contributed by atoms with E-state index in [0.29, 0.717) is 19.8 Å². The number of rotatable bonds is 6. The molecule has 0 N–H and O–H groups in total. The minimum absolute atomic E-state index is 0.177. The van der Waals surface area contributed by atoms with Crippen LogP contribution < -0.4 is 4.90 Å². The van der Waals surface area contributed by atoms with Crippen LogP contribution in [-0.2, 0) is 21.3 Å². The third kappa shape index (κ3) is 4.76. The molecule has 7 nitrogen and oxygen atoms in total. The summed E-state index contributed by atoms with van der Waals surface area (Å²) in [6.07, 6.45) is 1.55. The van der Waals surface area contributed by atoms with Crippen molar-refractivity contribution in [3.8, 4) is 0 Å². The average molecular weight is 508 g/mol. The topological polar surface area (TPSA) is 77.3 Å². The normalized spacial score (nSPS) is 17.8. The Balaban J connectivity index is 1.79. The van der Waals surface area contributed by atoms with E-state index in [9.17, 15) is 8.42 Å². The molecule has 0 radical (unpaired) electrons. The third-order valence-corrected chi connectivity index (χ3v) is 8.69. The molecule has 1 saturated heterocycles. The summed E-state index contributed by atoms with van der Waals surface area (Å²) in [5.74, 6) is 1.16. The van der Waals surface area contributed by atoms with E-state index in [-0.39, 0.29) is 11.5 Å². The summed E-state index contributed by atoms with van der Waals surface area (Å²) in [5.41, 5.74) is 0.834. The molecule has 1 aliphatic heterocycles. The van der Waals surface area contributed by atoms with E-state index in [2.05, 4.69) is 58.3 Å². The summed E-state index contributed by atoms with van der Waals surface area (Å²) in [7, 11) is -4.02. The molecule has 3 heterocycles. The number of fused-ring (bicyclic) bond motifs is 1. The lowest BCUT2D eigenvalue weighted by Gasteiger charge is -2.27. The molecule has 2 aromatic heterocycles. The zero-order valence-corrected chi connectivity index (χ0v) is 19.4. The van der Waals surface area contributed by atoms with Gasteiger partial charge >= 0.3 is 0 Å². The van der Waals surface area contributed by atoms with E-state index in [1.54, 1.807) is 6.33 Å². The lowest BCUT2D eigenvalue weighted by molar-refractivity contribution is 0.0883. The SMILES string of the molecule is C[Si](C)(C)CCOCn1c(I)cc2c(N3CCS(=O)(=O)CC3)ncnc21. The van der Waals surface area contributed by atoms with E-state index >= 15 is 0 Å². The van der Waals surface area contributed by atoms with Crippen LogP contribution in [0, 0.1) is 3.70 Å². The maximum absolute atomic E-state index is 11.7. The highest BCUT2D eigenvalue weighted by Gasteiger charge is 2.25. The van der Waals surface area contributed by atoms with E-state index in [4.69, 9.17) is 4.74 Å². The van der Waals surface area contributed by atoms with Crippen LogP contribution in [0.5, 0.6) is 0 Å². The summed E-state index contributed by atoms with van der Waals surface area (Å²) in [6, 6.07) is 3.18. The van der Waals surface area contributed by atoms with Crippen molar-refractivity contribution in [3.63, 3.8) is 0 Å². The van der Waals surface area contributed by atoms with E-state index in [1.807, 2.05) is 9.47 Å². The predicted molar refractivity (Wildman–Crippen MR) is 115 cm³/mol. The van der Waals surface area contributed by atoms with Gasteiger partial charge in [0.1, 0.15) is 24.5 Å². The van der Waals surface area contributed by atoms with Crippen molar-refractivity contribution in [2.75, 3.05) is 36.1 Å². The second-order valence-electron chi connectivity index (χ2n) is 7.82. The standard InChI is InChI=1S/C16H25IN4O3SSi/c1-26(2,3)9-6-24-12-21-14(17)10-13-15(18-11-19-16(13)21)20-4-7-25(22,23)8-5-20/h10-11H,4-9,12H2,1-3H3. The maximum atomic E-state index is 11.7. The maximum Gasteiger partial charge on any atom is 0.153 e. The average Bonchev–Trinajstić information content (AvgIpc) is 2.86. The fourth-order valence-electron chi connectivity index (χ4n) is 2.85. The van der Waals surface area contributed by atoms with E-state index in [1.165, 1.54) is 0 Å². The first kappa shape index (κ1) is 20.0. The fraction of sp³-hybridized carbons (Fsp3) is 0.625. The number of halogens is 1. The van der Waals surface area contributed by atoms with E-state index in [0.717, 1.165) is 33.2 Å². The molecule has 0 spiro atoms. The molecule has 0 amide bonds. The van der Waals surface area contributed by atoms with Crippen molar-refractivity contribution in [3.05, 3.63) is 16.1 Å². The molecule has 2 aromatic rings. The molecule has 26 heavy (non-hydrogen) atoms. The van der Waals surface area contributed by atoms with Crippen molar-refractivity contribution in [2.24, 2.45) is 0 Å². The number of ether oxygens (including phenoxy) is 1. The molecule has 0 saturated carbocycles. The van der Waals surface area contributed by atoms with Crippen LogP contribution in [0.1, 0.15) is 0 Å². The van der Waals surface area contributed by atoms with Crippen LogP contribution >= 0.6 is 22.6 Å². The monoisotopic (exact) mass is 508 g/mol. The lowest BCUT2D eigenvalue weighted by atomic mass is 10.3. The number of sulfone groups is 1. The smallest absolute Gasteiger partial charge is 0.153 e. The minimum Gasteiger partial charge on any atom is -0.361 e. The summed E-state index contributed by atoms with van der Waals surface area (Å²) in [4.78, 5) is 10.9. The molecular formula is C16H25IN4O3SSi. The number of hydrogen-bond donors (Lipinski definition) is 0. The minimum atomic E-state index is -2.92. The van der Waals surface area contributed by atoms with Gasteiger partial charge in [-0.15, -0.1) is 0 Å². The largest absolute Gasteiger partial charge is 0.361 e. The first-order chi connectivity index (χ1) is 12.2. The molecule has 3 rings (SSSR count). The zero-order valence-electron chi connectivity index (χ0n) is 15.4. The van der Waals surface area contributed by atoms with Crippen LogP contribution in [-0.4, -0.2) is 62.2 Å². The Hall–Kier alpha value is -0.723. The van der Waals surface area contributed by atoms with Crippen molar-refractivity contribution >= 4 is 57.4 Å². The quantitative estimate of drug-likeness (QED) is 0.339. The van der Waals surface area contributed by atoms with Gasteiger partial charge in [0.05, 0.1) is 20.6 Å². The molecule has 1 fully saturated rings. The van der Waals surface area contributed by atoms with Gasteiger partial charge in [-0.1, -0.05) is 19.6 Å². The van der Waals surface area contributed by atoms with Gasteiger partial charge in [-0.2, -0.15) is 0 Å². The van der Waals surface area contributed by atoms with Crippen LogP contribution in [0.4, 0.5) is 5.82 Å². The number of aromatic nitrogens is 3. The van der Waals surface area contributed by atoms with Gasteiger partial charge in [-0.3, -0.25) is 4.57 Å². The Labute approximate surface area is 169 Å². The molecule has 1 aliphatic rings. The van der Waals surface area contributed by atoms with E-state index < -0.39 is 17.9 Å². The Morgan fingerprint density at radius 3 is 2.58 bits per heavy atom.